The molecule has 0 spiro atoms. The van der Waals surface area contributed by atoms with E-state index in [1.54, 1.807) is 0 Å². The number of hydrogen-bond acceptors (Lipinski definition) is 6. The van der Waals surface area contributed by atoms with Crippen molar-refractivity contribution in [2.24, 2.45) is 5.92 Å². The van der Waals surface area contributed by atoms with E-state index in [-0.39, 0.29) is 30.3 Å². The third-order valence-electron chi connectivity index (χ3n) is 6.25. The lowest BCUT2D eigenvalue weighted by molar-refractivity contribution is -0.142. The molecule has 194 valence electrons. The summed E-state index contributed by atoms with van der Waals surface area (Å²) in [6.45, 7) is 0.0849. The SMILES string of the molecule is O=C(OCc1ccccc1)c1ccc(NC(=O)C(CC2CCCC2)n2cc(C(F)(F)F)ncc2=O)nc1. The lowest BCUT2D eigenvalue weighted by atomic mass is 9.97. The van der Waals surface area contributed by atoms with Gasteiger partial charge in [-0.05, 0) is 30.0 Å². The van der Waals surface area contributed by atoms with Gasteiger partial charge in [0.25, 0.3) is 5.56 Å². The molecule has 1 aliphatic rings. The molecule has 2 heterocycles. The van der Waals surface area contributed by atoms with Crippen molar-refractivity contribution in [3.8, 4) is 0 Å². The molecule has 0 saturated heterocycles. The van der Waals surface area contributed by atoms with Crippen molar-refractivity contribution in [1.29, 1.82) is 0 Å². The van der Waals surface area contributed by atoms with Gasteiger partial charge in [-0.25, -0.2) is 14.8 Å². The molecule has 8 nitrogen and oxygen atoms in total. The third-order valence-corrected chi connectivity index (χ3v) is 6.25. The molecule has 2 aromatic heterocycles. The lowest BCUT2D eigenvalue weighted by Gasteiger charge is -2.23. The number of amides is 1. The number of carbonyl (C=O) groups is 2. The van der Waals surface area contributed by atoms with Gasteiger partial charge in [-0.15, -0.1) is 0 Å². The number of alkyl halides is 3. The summed E-state index contributed by atoms with van der Waals surface area (Å²) in [6.07, 6.45) is 1.40. The van der Waals surface area contributed by atoms with Gasteiger partial charge in [0.05, 0.1) is 11.8 Å². The predicted molar refractivity (Wildman–Crippen MR) is 128 cm³/mol. The zero-order valence-electron chi connectivity index (χ0n) is 19.8. The summed E-state index contributed by atoms with van der Waals surface area (Å²) in [7, 11) is 0. The number of rotatable bonds is 8. The Morgan fingerprint density at radius 1 is 1.05 bits per heavy atom. The molecule has 1 saturated carbocycles. The fourth-order valence-electron chi connectivity index (χ4n) is 4.32. The fourth-order valence-corrected chi connectivity index (χ4v) is 4.32. The van der Waals surface area contributed by atoms with Crippen molar-refractivity contribution < 1.29 is 27.5 Å². The van der Waals surface area contributed by atoms with Gasteiger partial charge in [0.1, 0.15) is 18.5 Å². The number of halogens is 3. The van der Waals surface area contributed by atoms with Crippen LogP contribution in [-0.2, 0) is 22.3 Å². The van der Waals surface area contributed by atoms with Crippen LogP contribution in [0.3, 0.4) is 0 Å². The van der Waals surface area contributed by atoms with E-state index in [0.29, 0.717) is 12.4 Å². The van der Waals surface area contributed by atoms with E-state index in [2.05, 4.69) is 15.3 Å². The van der Waals surface area contributed by atoms with Crippen LogP contribution in [0.1, 0.15) is 59.8 Å². The highest BCUT2D eigenvalue weighted by Gasteiger charge is 2.35. The minimum Gasteiger partial charge on any atom is -0.457 e. The summed E-state index contributed by atoms with van der Waals surface area (Å²) in [5.41, 5.74) is -1.08. The van der Waals surface area contributed by atoms with Gasteiger partial charge in [-0.1, -0.05) is 56.0 Å². The van der Waals surface area contributed by atoms with Crippen LogP contribution in [0.15, 0.2) is 65.8 Å². The second-order valence-corrected chi connectivity index (χ2v) is 8.90. The average Bonchev–Trinajstić information content (AvgIpc) is 3.40. The second kappa shape index (κ2) is 11.4. The van der Waals surface area contributed by atoms with E-state index in [4.69, 9.17) is 4.74 Å². The van der Waals surface area contributed by atoms with Gasteiger partial charge in [-0.2, -0.15) is 13.2 Å². The Balaban J connectivity index is 1.49. The van der Waals surface area contributed by atoms with Gasteiger partial charge >= 0.3 is 12.1 Å². The molecule has 0 aliphatic heterocycles. The Hall–Kier alpha value is -4.02. The zero-order chi connectivity index (χ0) is 26.4. The number of esters is 1. The largest absolute Gasteiger partial charge is 0.457 e. The van der Waals surface area contributed by atoms with Crippen molar-refractivity contribution in [2.75, 3.05) is 5.32 Å². The minimum atomic E-state index is -4.77. The number of hydrogen-bond donors (Lipinski definition) is 1. The molecule has 11 heteroatoms. The number of anilines is 1. The van der Waals surface area contributed by atoms with Crippen molar-refractivity contribution in [2.45, 2.75) is 50.9 Å². The molecule has 1 aromatic carbocycles. The maximum Gasteiger partial charge on any atom is 0.434 e. The Morgan fingerprint density at radius 2 is 1.78 bits per heavy atom. The minimum absolute atomic E-state index is 0.0826. The van der Waals surface area contributed by atoms with Crippen LogP contribution in [0.25, 0.3) is 0 Å². The third kappa shape index (κ3) is 6.81. The number of pyridine rings is 1. The number of carbonyl (C=O) groups excluding carboxylic acids is 2. The van der Waals surface area contributed by atoms with Gasteiger partial charge in [0, 0.05) is 12.4 Å². The number of benzene rings is 1. The van der Waals surface area contributed by atoms with Crippen LogP contribution >= 0.6 is 0 Å². The standard InChI is InChI=1S/C26H25F3N4O4/c27-26(28,29)21-15-33(23(34)14-30-21)20(12-17-6-4-5-7-17)24(35)32-22-11-10-19(13-31-22)25(36)37-16-18-8-2-1-3-9-18/h1-3,8-11,13-15,17,20H,4-7,12,16H2,(H,31,32,35). The normalized spacial score (nSPS) is 14.8. The van der Waals surface area contributed by atoms with E-state index in [1.165, 1.54) is 18.3 Å². The summed E-state index contributed by atoms with van der Waals surface area (Å²) < 4.78 is 45.8. The first kappa shape index (κ1) is 26.1. The predicted octanol–water partition coefficient (Wildman–Crippen LogP) is 4.77. The summed E-state index contributed by atoms with van der Waals surface area (Å²) in [5, 5.41) is 2.56. The van der Waals surface area contributed by atoms with Crippen LogP contribution in [0.2, 0.25) is 0 Å². The van der Waals surface area contributed by atoms with Gasteiger partial charge in [0.2, 0.25) is 5.91 Å². The average molecular weight is 515 g/mol. The molecule has 3 aromatic rings. The van der Waals surface area contributed by atoms with Gasteiger partial charge in [0.15, 0.2) is 5.69 Å². The molecule has 1 unspecified atom stereocenters. The van der Waals surface area contributed by atoms with Crippen LogP contribution in [0.5, 0.6) is 0 Å². The van der Waals surface area contributed by atoms with Crippen molar-refractivity contribution >= 4 is 17.7 Å². The van der Waals surface area contributed by atoms with Crippen LogP contribution in [-0.4, -0.2) is 26.4 Å². The fraction of sp³-hybridized carbons (Fsp3) is 0.346. The van der Waals surface area contributed by atoms with E-state index < -0.39 is 35.3 Å². The molecule has 1 atom stereocenters. The first-order valence-electron chi connectivity index (χ1n) is 11.8. The highest BCUT2D eigenvalue weighted by molar-refractivity contribution is 5.94. The smallest absolute Gasteiger partial charge is 0.434 e. The van der Waals surface area contributed by atoms with E-state index >= 15 is 0 Å². The van der Waals surface area contributed by atoms with Crippen molar-refractivity contribution in [1.82, 2.24) is 14.5 Å². The summed E-state index contributed by atoms with van der Waals surface area (Å²) in [5.74, 6) is -1.10. The molecule has 1 aliphatic carbocycles. The first-order chi connectivity index (χ1) is 17.7. The topological polar surface area (TPSA) is 103 Å². The molecule has 1 amide bonds. The first-order valence-corrected chi connectivity index (χ1v) is 11.8. The molecule has 0 bridgehead atoms. The Kier molecular flexibility index (Phi) is 8.00. The monoisotopic (exact) mass is 514 g/mol. The highest BCUT2D eigenvalue weighted by atomic mass is 19.4. The molecule has 0 radical (unpaired) electrons. The van der Waals surface area contributed by atoms with Gasteiger partial charge in [-0.3, -0.25) is 14.2 Å². The van der Waals surface area contributed by atoms with Crippen molar-refractivity contribution in [3.63, 3.8) is 0 Å². The molecule has 37 heavy (non-hydrogen) atoms. The maximum absolute atomic E-state index is 13.2. The molecule has 1 N–H and O–H groups in total. The summed E-state index contributed by atoms with van der Waals surface area (Å²) >= 11 is 0. The highest BCUT2D eigenvalue weighted by Crippen LogP contribution is 2.33. The lowest BCUT2D eigenvalue weighted by Crippen LogP contribution is -2.35. The van der Waals surface area contributed by atoms with Crippen LogP contribution in [0, 0.1) is 5.92 Å². The Labute approximate surface area is 210 Å². The van der Waals surface area contributed by atoms with E-state index in [1.807, 2.05) is 30.3 Å². The van der Waals surface area contributed by atoms with E-state index in [9.17, 15) is 27.6 Å². The number of aromatic nitrogens is 3. The zero-order valence-corrected chi connectivity index (χ0v) is 19.8. The quantitative estimate of drug-likeness (QED) is 0.434. The molecular formula is C26H25F3N4O4. The number of ether oxygens (including phenoxy) is 1. The van der Waals surface area contributed by atoms with Gasteiger partial charge < -0.3 is 10.1 Å². The summed E-state index contributed by atoms with van der Waals surface area (Å²) in [6, 6.07) is 10.8. The molecule has 4 rings (SSSR count). The summed E-state index contributed by atoms with van der Waals surface area (Å²) in [4.78, 5) is 45.2. The Morgan fingerprint density at radius 3 is 2.43 bits per heavy atom. The van der Waals surface area contributed by atoms with E-state index in [0.717, 1.165) is 35.8 Å². The molecule has 1 fully saturated rings. The number of nitrogens with one attached hydrogen (secondary N) is 1. The molecular weight excluding hydrogens is 489 g/mol. The second-order valence-electron chi connectivity index (χ2n) is 8.90. The Bertz CT molecular complexity index is 1290. The number of nitrogens with zero attached hydrogens (tertiary/aromatic N) is 3. The van der Waals surface area contributed by atoms with Crippen LogP contribution in [0.4, 0.5) is 19.0 Å². The maximum atomic E-state index is 13.2. The van der Waals surface area contributed by atoms with Crippen LogP contribution < -0.4 is 10.9 Å². The van der Waals surface area contributed by atoms with Crippen molar-refractivity contribution in [3.05, 3.63) is 88.2 Å².